The highest BCUT2D eigenvalue weighted by atomic mass is 16.5. The Morgan fingerprint density at radius 2 is 1.86 bits per heavy atom. The summed E-state index contributed by atoms with van der Waals surface area (Å²) in [5.74, 6) is 0.0351. The number of carbonyl (C=O) groups is 1. The van der Waals surface area contributed by atoms with Crippen LogP contribution in [0.25, 0.3) is 0 Å². The van der Waals surface area contributed by atoms with Crippen LogP contribution in [0.2, 0.25) is 0 Å². The SMILES string of the molecule is C[C@@]12CC(=O)C[C@H]1[C@@H]1CCC3CCCC[C@]3(C)[C@@H]1C(O)(O)C2. The van der Waals surface area contributed by atoms with E-state index in [-0.39, 0.29) is 16.7 Å². The molecule has 0 heterocycles. The largest absolute Gasteiger partial charge is 0.365 e. The van der Waals surface area contributed by atoms with Crippen molar-refractivity contribution in [1.82, 2.24) is 0 Å². The number of Topliss-reactive ketones (excluding diaryl/α,β-unsaturated/α-hetero) is 1. The molecule has 0 bridgehead atoms. The zero-order chi connectivity index (χ0) is 15.8. The molecule has 0 aromatic rings. The summed E-state index contributed by atoms with van der Waals surface area (Å²) in [4.78, 5) is 12.1. The van der Waals surface area contributed by atoms with Gasteiger partial charge in [-0.2, -0.15) is 0 Å². The van der Waals surface area contributed by atoms with Crippen LogP contribution in [0.3, 0.4) is 0 Å². The molecule has 4 rings (SSSR count). The maximum Gasteiger partial charge on any atom is 0.166 e. The Morgan fingerprint density at radius 1 is 1.09 bits per heavy atom. The van der Waals surface area contributed by atoms with Gasteiger partial charge in [-0.25, -0.2) is 0 Å². The third-order valence-corrected chi connectivity index (χ3v) is 8.06. The number of aliphatic hydroxyl groups is 2. The van der Waals surface area contributed by atoms with Crippen molar-refractivity contribution < 1.29 is 15.0 Å². The molecule has 2 N–H and O–H groups in total. The minimum atomic E-state index is -1.59. The van der Waals surface area contributed by atoms with Crippen LogP contribution in [0, 0.1) is 34.5 Å². The Labute approximate surface area is 133 Å². The third-order valence-electron chi connectivity index (χ3n) is 8.06. The summed E-state index contributed by atoms with van der Waals surface area (Å²) in [6.07, 6.45) is 8.79. The quantitative estimate of drug-likeness (QED) is 0.675. The second-order valence-corrected chi connectivity index (χ2v) is 9.40. The fraction of sp³-hybridized carbons (Fsp3) is 0.947. The van der Waals surface area contributed by atoms with Crippen LogP contribution in [0.15, 0.2) is 0 Å². The van der Waals surface area contributed by atoms with Gasteiger partial charge in [-0.1, -0.05) is 26.7 Å². The molecule has 0 radical (unpaired) electrons. The van der Waals surface area contributed by atoms with Crippen molar-refractivity contribution in [3.05, 3.63) is 0 Å². The highest BCUT2D eigenvalue weighted by Gasteiger charge is 2.66. The normalized spacial score (nSPS) is 53.5. The Balaban J connectivity index is 1.76. The van der Waals surface area contributed by atoms with Gasteiger partial charge >= 0.3 is 0 Å². The molecule has 0 aliphatic heterocycles. The van der Waals surface area contributed by atoms with Crippen LogP contribution >= 0.6 is 0 Å². The molecule has 4 fully saturated rings. The lowest BCUT2D eigenvalue weighted by molar-refractivity contribution is -0.308. The van der Waals surface area contributed by atoms with Gasteiger partial charge in [0, 0.05) is 25.2 Å². The molecule has 0 aromatic carbocycles. The van der Waals surface area contributed by atoms with Gasteiger partial charge in [-0.05, 0) is 54.3 Å². The summed E-state index contributed by atoms with van der Waals surface area (Å²) in [5.41, 5.74) is -0.142. The number of rotatable bonds is 0. The van der Waals surface area contributed by atoms with Crippen LogP contribution < -0.4 is 0 Å². The first-order valence-electron chi connectivity index (χ1n) is 9.23. The van der Waals surface area contributed by atoms with Crippen molar-refractivity contribution in [1.29, 1.82) is 0 Å². The number of fused-ring (bicyclic) bond motifs is 5. The lowest BCUT2D eigenvalue weighted by Crippen LogP contribution is -2.63. The Kier molecular flexibility index (Phi) is 3.14. The van der Waals surface area contributed by atoms with Crippen molar-refractivity contribution in [3.8, 4) is 0 Å². The third kappa shape index (κ3) is 1.91. The molecule has 0 amide bonds. The molecule has 0 saturated heterocycles. The number of hydrogen-bond donors (Lipinski definition) is 2. The van der Waals surface area contributed by atoms with Crippen LogP contribution in [-0.2, 0) is 4.79 Å². The predicted molar refractivity (Wildman–Crippen MR) is 83.9 cm³/mol. The van der Waals surface area contributed by atoms with Crippen molar-refractivity contribution in [3.63, 3.8) is 0 Å². The fourth-order valence-corrected chi connectivity index (χ4v) is 7.38. The van der Waals surface area contributed by atoms with E-state index in [9.17, 15) is 15.0 Å². The lowest BCUT2D eigenvalue weighted by atomic mass is 9.44. The highest BCUT2D eigenvalue weighted by molar-refractivity contribution is 5.82. The van der Waals surface area contributed by atoms with E-state index >= 15 is 0 Å². The number of hydrogen-bond acceptors (Lipinski definition) is 3. The van der Waals surface area contributed by atoms with Gasteiger partial charge in [0.25, 0.3) is 0 Å². The molecule has 124 valence electrons. The molecule has 0 aromatic heterocycles. The van der Waals surface area contributed by atoms with Crippen molar-refractivity contribution in [2.24, 2.45) is 34.5 Å². The number of ketones is 1. The van der Waals surface area contributed by atoms with Gasteiger partial charge in [0.15, 0.2) is 5.79 Å². The summed E-state index contributed by atoms with van der Waals surface area (Å²) in [7, 11) is 0. The van der Waals surface area contributed by atoms with Gasteiger partial charge in [-0.3, -0.25) is 4.79 Å². The monoisotopic (exact) mass is 306 g/mol. The van der Waals surface area contributed by atoms with Crippen LogP contribution in [0.5, 0.6) is 0 Å². The zero-order valence-corrected chi connectivity index (χ0v) is 14.0. The van der Waals surface area contributed by atoms with Crippen molar-refractivity contribution in [2.45, 2.75) is 77.4 Å². The second-order valence-electron chi connectivity index (χ2n) is 9.40. The summed E-state index contributed by atoms with van der Waals surface area (Å²) >= 11 is 0. The van der Waals surface area contributed by atoms with E-state index < -0.39 is 5.79 Å². The molecule has 4 aliphatic rings. The first kappa shape index (κ1) is 15.1. The summed E-state index contributed by atoms with van der Waals surface area (Å²) < 4.78 is 0. The van der Waals surface area contributed by atoms with Gasteiger partial charge < -0.3 is 10.2 Å². The lowest BCUT2D eigenvalue weighted by Gasteiger charge is -2.63. The minimum absolute atomic E-state index is 0.0389. The number of carbonyl (C=O) groups excluding carboxylic acids is 1. The minimum Gasteiger partial charge on any atom is -0.365 e. The first-order valence-corrected chi connectivity index (χ1v) is 9.23. The Bertz CT molecular complexity index is 499. The zero-order valence-electron chi connectivity index (χ0n) is 14.0. The van der Waals surface area contributed by atoms with E-state index in [0.29, 0.717) is 42.8 Å². The maximum absolute atomic E-state index is 12.1. The molecule has 4 aliphatic carbocycles. The molecule has 6 atom stereocenters. The summed E-state index contributed by atoms with van der Waals surface area (Å²) in [5, 5.41) is 22.0. The average molecular weight is 306 g/mol. The van der Waals surface area contributed by atoms with Gasteiger partial charge in [0.05, 0.1) is 0 Å². The molecular weight excluding hydrogens is 276 g/mol. The van der Waals surface area contributed by atoms with E-state index in [1.807, 2.05) is 0 Å². The molecule has 3 heteroatoms. The fourth-order valence-electron chi connectivity index (χ4n) is 7.38. The van der Waals surface area contributed by atoms with E-state index in [1.165, 1.54) is 25.7 Å². The van der Waals surface area contributed by atoms with Crippen LogP contribution in [-0.4, -0.2) is 21.8 Å². The van der Waals surface area contributed by atoms with E-state index in [1.54, 1.807) is 0 Å². The van der Waals surface area contributed by atoms with Crippen LogP contribution in [0.1, 0.15) is 71.6 Å². The summed E-state index contributed by atoms with van der Waals surface area (Å²) in [6.45, 7) is 4.43. The Morgan fingerprint density at radius 3 is 2.64 bits per heavy atom. The maximum atomic E-state index is 12.1. The smallest absolute Gasteiger partial charge is 0.166 e. The summed E-state index contributed by atoms with van der Waals surface area (Å²) in [6, 6.07) is 0. The average Bonchev–Trinajstić information content (AvgIpc) is 2.70. The first-order chi connectivity index (χ1) is 10.3. The molecule has 3 nitrogen and oxygen atoms in total. The van der Waals surface area contributed by atoms with Gasteiger partial charge in [0.2, 0.25) is 0 Å². The topological polar surface area (TPSA) is 57.5 Å². The molecule has 1 unspecified atom stereocenters. The second kappa shape index (κ2) is 4.57. The van der Waals surface area contributed by atoms with Gasteiger partial charge in [-0.15, -0.1) is 0 Å². The molecule has 22 heavy (non-hydrogen) atoms. The van der Waals surface area contributed by atoms with Gasteiger partial charge in [0.1, 0.15) is 5.78 Å². The van der Waals surface area contributed by atoms with E-state index in [0.717, 1.165) is 12.8 Å². The van der Waals surface area contributed by atoms with Crippen molar-refractivity contribution in [2.75, 3.05) is 0 Å². The predicted octanol–water partition coefficient (Wildman–Crippen LogP) is 3.28. The highest BCUT2D eigenvalue weighted by Crippen LogP contribution is 2.67. The van der Waals surface area contributed by atoms with Crippen LogP contribution in [0.4, 0.5) is 0 Å². The molecular formula is C19H30O3. The van der Waals surface area contributed by atoms with E-state index in [4.69, 9.17) is 0 Å². The van der Waals surface area contributed by atoms with Crippen molar-refractivity contribution >= 4 is 5.78 Å². The van der Waals surface area contributed by atoms with E-state index in [2.05, 4.69) is 13.8 Å². The standard InChI is InChI=1S/C19H30O3/c1-17-10-13(20)9-15(17)14-7-6-12-5-3-4-8-18(12,2)16(14)19(21,22)11-17/h12,14-16,21-22H,3-11H2,1-2H3/t12?,14-,15-,16+,17-,18-/m0/s1. The molecule has 4 saturated carbocycles. The Hall–Kier alpha value is -0.410. The molecule has 0 spiro atoms.